The van der Waals surface area contributed by atoms with Crippen LogP contribution in [0.4, 0.5) is 0 Å². The summed E-state index contributed by atoms with van der Waals surface area (Å²) in [5.74, 6) is 0.0742. The molecule has 14 heavy (non-hydrogen) atoms. The third kappa shape index (κ3) is 1.37. The van der Waals surface area contributed by atoms with E-state index in [1.165, 1.54) is 0 Å². The lowest BCUT2D eigenvalue weighted by Gasteiger charge is -1.97. The molecule has 1 amide bonds. The molecular formula is C9H8BrNO3. The van der Waals surface area contributed by atoms with Gasteiger partial charge in [0.15, 0.2) is 16.7 Å². The van der Waals surface area contributed by atoms with Crippen molar-refractivity contribution in [2.45, 2.75) is 12.8 Å². The van der Waals surface area contributed by atoms with Crippen LogP contribution in [0.2, 0.25) is 0 Å². The zero-order chi connectivity index (χ0) is 10.1. The van der Waals surface area contributed by atoms with Crippen LogP contribution in [-0.2, 0) is 6.42 Å². The zero-order valence-electron chi connectivity index (χ0n) is 7.30. The summed E-state index contributed by atoms with van der Waals surface area (Å²) in [6, 6.07) is 0. The van der Waals surface area contributed by atoms with Crippen LogP contribution in [0.1, 0.15) is 32.9 Å². The molecule has 74 valence electrons. The summed E-state index contributed by atoms with van der Waals surface area (Å²) in [5, 5.41) is 2.73. The molecule has 0 unspecified atom stereocenters. The van der Waals surface area contributed by atoms with Crippen molar-refractivity contribution in [1.82, 2.24) is 5.32 Å². The molecule has 0 atom stereocenters. The summed E-state index contributed by atoms with van der Waals surface area (Å²) in [4.78, 5) is 22.2. The van der Waals surface area contributed by atoms with E-state index in [0.29, 0.717) is 35.0 Å². The van der Waals surface area contributed by atoms with E-state index in [2.05, 4.69) is 21.2 Å². The quantitative estimate of drug-likeness (QED) is 0.777. The van der Waals surface area contributed by atoms with E-state index in [4.69, 9.17) is 4.42 Å². The summed E-state index contributed by atoms with van der Waals surface area (Å²) >= 11 is 3.13. The van der Waals surface area contributed by atoms with E-state index in [-0.39, 0.29) is 11.7 Å². The molecule has 0 saturated carbocycles. The smallest absolute Gasteiger partial charge is 0.256 e. The molecule has 2 heterocycles. The molecule has 0 spiro atoms. The van der Waals surface area contributed by atoms with E-state index in [1.807, 2.05) is 0 Å². The molecule has 2 rings (SSSR count). The van der Waals surface area contributed by atoms with Crippen molar-refractivity contribution in [3.8, 4) is 0 Å². The second-order valence-corrected chi connectivity index (χ2v) is 3.79. The molecular weight excluding hydrogens is 250 g/mol. The average Bonchev–Trinajstić information content (AvgIpc) is 2.35. The van der Waals surface area contributed by atoms with Crippen LogP contribution >= 0.6 is 15.9 Å². The fourth-order valence-electron chi connectivity index (χ4n) is 1.58. The number of aldehydes is 1. The molecule has 0 saturated heterocycles. The number of hydrogen-bond donors (Lipinski definition) is 1. The minimum Gasteiger partial charge on any atom is -0.445 e. The average molecular weight is 258 g/mol. The summed E-state index contributed by atoms with van der Waals surface area (Å²) in [6.07, 6.45) is 2.16. The highest BCUT2D eigenvalue weighted by Crippen LogP contribution is 2.28. The Morgan fingerprint density at radius 2 is 2.29 bits per heavy atom. The molecule has 4 nitrogen and oxygen atoms in total. The maximum atomic E-state index is 11.5. The van der Waals surface area contributed by atoms with Crippen LogP contribution in [0, 0.1) is 0 Å². The second-order valence-electron chi connectivity index (χ2n) is 3.07. The number of carbonyl (C=O) groups is 2. The number of nitrogens with one attached hydrogen (secondary N) is 1. The number of hydrogen-bond acceptors (Lipinski definition) is 3. The van der Waals surface area contributed by atoms with Gasteiger partial charge in [0.05, 0.1) is 5.56 Å². The van der Waals surface area contributed by atoms with Gasteiger partial charge in [0, 0.05) is 12.1 Å². The van der Waals surface area contributed by atoms with Gasteiger partial charge in [-0.2, -0.15) is 0 Å². The van der Waals surface area contributed by atoms with Gasteiger partial charge >= 0.3 is 0 Å². The van der Waals surface area contributed by atoms with Gasteiger partial charge in [0.1, 0.15) is 0 Å². The monoisotopic (exact) mass is 257 g/mol. The maximum absolute atomic E-state index is 11.5. The molecule has 0 bridgehead atoms. The Morgan fingerprint density at radius 1 is 1.50 bits per heavy atom. The first-order chi connectivity index (χ1) is 6.74. The normalized spacial score (nSPS) is 15.6. The molecule has 5 heteroatoms. The molecule has 1 N–H and O–H groups in total. The Hall–Kier alpha value is -1.10. The van der Waals surface area contributed by atoms with Crippen molar-refractivity contribution in [3.63, 3.8) is 0 Å². The number of carbonyl (C=O) groups excluding carboxylic acids is 2. The SMILES string of the molecule is O=Cc1oc(Br)c2c1CCCNC2=O. The van der Waals surface area contributed by atoms with Crippen molar-refractivity contribution < 1.29 is 14.0 Å². The molecule has 0 fully saturated rings. The Labute approximate surface area is 88.8 Å². The number of halogens is 1. The van der Waals surface area contributed by atoms with Crippen molar-refractivity contribution in [2.24, 2.45) is 0 Å². The van der Waals surface area contributed by atoms with Crippen molar-refractivity contribution in [2.75, 3.05) is 6.54 Å². The highest BCUT2D eigenvalue weighted by Gasteiger charge is 2.25. The molecule has 1 aliphatic heterocycles. The summed E-state index contributed by atoms with van der Waals surface area (Å²) in [7, 11) is 0. The van der Waals surface area contributed by atoms with Crippen LogP contribution in [-0.4, -0.2) is 18.7 Å². The van der Waals surface area contributed by atoms with E-state index in [9.17, 15) is 9.59 Å². The molecule has 1 aromatic heterocycles. The van der Waals surface area contributed by atoms with Crippen LogP contribution < -0.4 is 5.32 Å². The third-order valence-corrected chi connectivity index (χ3v) is 2.78. The minimum absolute atomic E-state index is 0.179. The van der Waals surface area contributed by atoms with Crippen molar-refractivity contribution in [1.29, 1.82) is 0 Å². The van der Waals surface area contributed by atoms with Gasteiger partial charge in [-0.1, -0.05) is 0 Å². The summed E-state index contributed by atoms with van der Waals surface area (Å²) < 4.78 is 5.47. The first kappa shape index (κ1) is 9.45. The van der Waals surface area contributed by atoms with Crippen LogP contribution in [0.15, 0.2) is 9.09 Å². The fraction of sp³-hybridized carbons (Fsp3) is 0.333. The van der Waals surface area contributed by atoms with Crippen LogP contribution in [0.25, 0.3) is 0 Å². The number of fused-ring (bicyclic) bond motifs is 1. The van der Waals surface area contributed by atoms with Gasteiger partial charge in [-0.25, -0.2) is 0 Å². The van der Waals surface area contributed by atoms with E-state index < -0.39 is 0 Å². The molecule has 0 radical (unpaired) electrons. The standard InChI is InChI=1S/C9H8BrNO3/c10-8-7-5(6(4-12)14-8)2-1-3-11-9(7)13/h4H,1-3H2,(H,11,13). The minimum atomic E-state index is -0.179. The highest BCUT2D eigenvalue weighted by molar-refractivity contribution is 9.10. The van der Waals surface area contributed by atoms with Crippen molar-refractivity contribution >= 4 is 28.1 Å². The highest BCUT2D eigenvalue weighted by atomic mass is 79.9. The lowest BCUT2D eigenvalue weighted by atomic mass is 10.1. The largest absolute Gasteiger partial charge is 0.445 e. The molecule has 0 aromatic carbocycles. The summed E-state index contributed by atoms with van der Waals surface area (Å²) in [5.41, 5.74) is 1.17. The van der Waals surface area contributed by atoms with Gasteiger partial charge < -0.3 is 9.73 Å². The van der Waals surface area contributed by atoms with Crippen LogP contribution in [0.5, 0.6) is 0 Å². The topological polar surface area (TPSA) is 59.3 Å². The van der Waals surface area contributed by atoms with Crippen LogP contribution in [0.3, 0.4) is 0 Å². The Morgan fingerprint density at radius 3 is 3.00 bits per heavy atom. The number of furan rings is 1. The Bertz CT molecular complexity index is 397. The van der Waals surface area contributed by atoms with Gasteiger partial charge in [0.2, 0.25) is 0 Å². The Balaban J connectivity index is 2.59. The first-order valence-corrected chi connectivity index (χ1v) is 5.08. The van der Waals surface area contributed by atoms with Gasteiger partial charge in [-0.15, -0.1) is 0 Å². The molecule has 1 aliphatic rings. The first-order valence-electron chi connectivity index (χ1n) is 4.28. The second kappa shape index (κ2) is 3.57. The maximum Gasteiger partial charge on any atom is 0.256 e. The third-order valence-electron chi connectivity index (χ3n) is 2.22. The Kier molecular flexibility index (Phi) is 2.41. The fourth-order valence-corrected chi connectivity index (χ4v) is 2.17. The number of amides is 1. The van der Waals surface area contributed by atoms with E-state index >= 15 is 0 Å². The predicted octanol–water partition coefficient (Wildman–Crippen LogP) is 1.53. The lowest BCUT2D eigenvalue weighted by molar-refractivity contribution is 0.0953. The van der Waals surface area contributed by atoms with Gasteiger partial charge in [0.25, 0.3) is 5.91 Å². The molecule has 1 aromatic rings. The van der Waals surface area contributed by atoms with E-state index in [1.54, 1.807) is 0 Å². The lowest BCUT2D eigenvalue weighted by Crippen LogP contribution is -2.22. The number of rotatable bonds is 1. The summed E-state index contributed by atoms with van der Waals surface area (Å²) in [6.45, 7) is 0.637. The molecule has 0 aliphatic carbocycles. The van der Waals surface area contributed by atoms with E-state index in [0.717, 1.165) is 6.42 Å². The van der Waals surface area contributed by atoms with Gasteiger partial charge in [-0.05, 0) is 28.8 Å². The predicted molar refractivity (Wildman–Crippen MR) is 52.4 cm³/mol. The van der Waals surface area contributed by atoms with Crippen molar-refractivity contribution in [3.05, 3.63) is 21.6 Å². The van der Waals surface area contributed by atoms with Gasteiger partial charge in [-0.3, -0.25) is 9.59 Å². The zero-order valence-corrected chi connectivity index (χ0v) is 8.89.